The van der Waals surface area contributed by atoms with Gasteiger partial charge in [-0.2, -0.15) is 0 Å². The van der Waals surface area contributed by atoms with Gasteiger partial charge in [-0.1, -0.05) is 72.8 Å². The van der Waals surface area contributed by atoms with E-state index in [1.54, 1.807) is 0 Å². The number of halogens is 1. The molecule has 0 aliphatic carbocycles. The van der Waals surface area contributed by atoms with Gasteiger partial charge in [-0.3, -0.25) is 9.89 Å². The largest absolute Gasteiger partial charge is 0.374 e. The molecule has 29 heavy (non-hydrogen) atoms. The summed E-state index contributed by atoms with van der Waals surface area (Å²) >= 11 is 0. The second-order valence-electron chi connectivity index (χ2n) is 7.28. The Balaban J connectivity index is 1.46. The van der Waals surface area contributed by atoms with E-state index in [4.69, 9.17) is 9.73 Å². The maximum atomic E-state index is 13.1. The number of rotatable bonds is 6. The van der Waals surface area contributed by atoms with Gasteiger partial charge in [0, 0.05) is 30.8 Å². The summed E-state index contributed by atoms with van der Waals surface area (Å²) in [7, 11) is 0. The molecule has 1 saturated heterocycles. The molecule has 0 amide bonds. The van der Waals surface area contributed by atoms with Crippen LogP contribution in [0.3, 0.4) is 0 Å². The molecule has 1 fully saturated rings. The fraction of sp³-hybridized carbons (Fsp3) is 0.240. The minimum absolute atomic E-state index is 0.0478. The normalized spacial score (nSPS) is 17.1. The Kier molecular flexibility index (Phi) is 6.45. The molecule has 1 aliphatic rings. The molecular weight excluding hydrogens is 364 g/mol. The molecule has 0 N–H and O–H groups in total. The predicted molar refractivity (Wildman–Crippen MR) is 115 cm³/mol. The quantitative estimate of drug-likeness (QED) is 0.456. The Bertz CT molecular complexity index is 885. The van der Waals surface area contributed by atoms with Crippen molar-refractivity contribution in [3.05, 3.63) is 107 Å². The third-order valence-electron chi connectivity index (χ3n) is 5.09. The van der Waals surface area contributed by atoms with E-state index in [0.29, 0.717) is 13.2 Å². The molecule has 0 saturated carbocycles. The van der Waals surface area contributed by atoms with Gasteiger partial charge in [0.2, 0.25) is 0 Å². The molecule has 1 aliphatic heterocycles. The minimum atomic E-state index is -0.197. The van der Waals surface area contributed by atoms with Gasteiger partial charge in [0.25, 0.3) is 0 Å². The highest BCUT2D eigenvalue weighted by atomic mass is 19.1. The van der Waals surface area contributed by atoms with Crippen molar-refractivity contribution in [2.75, 3.05) is 26.2 Å². The summed E-state index contributed by atoms with van der Waals surface area (Å²) in [5, 5.41) is 0. The molecule has 3 nitrogen and oxygen atoms in total. The lowest BCUT2D eigenvalue weighted by Gasteiger charge is -2.32. The molecule has 0 spiro atoms. The van der Waals surface area contributed by atoms with Gasteiger partial charge in [0.05, 0.1) is 25.0 Å². The maximum Gasteiger partial charge on any atom is 0.123 e. The van der Waals surface area contributed by atoms with E-state index in [9.17, 15) is 4.39 Å². The Morgan fingerprint density at radius 1 is 0.897 bits per heavy atom. The summed E-state index contributed by atoms with van der Waals surface area (Å²) in [6, 6.07) is 27.3. The number of morpholine rings is 1. The smallest absolute Gasteiger partial charge is 0.123 e. The molecule has 1 heterocycles. The molecule has 4 rings (SSSR count). The van der Waals surface area contributed by atoms with Crippen molar-refractivity contribution in [3.63, 3.8) is 0 Å². The highest BCUT2D eigenvalue weighted by Crippen LogP contribution is 2.14. The van der Waals surface area contributed by atoms with E-state index in [2.05, 4.69) is 29.2 Å². The Hall–Kier alpha value is -2.82. The molecule has 1 unspecified atom stereocenters. The van der Waals surface area contributed by atoms with E-state index in [1.807, 2.05) is 48.5 Å². The first-order chi connectivity index (χ1) is 14.3. The fourth-order valence-corrected chi connectivity index (χ4v) is 3.62. The monoisotopic (exact) mass is 389 g/mol. The minimum Gasteiger partial charge on any atom is -0.374 e. The van der Waals surface area contributed by atoms with Gasteiger partial charge in [-0.05, 0) is 17.7 Å². The third-order valence-corrected chi connectivity index (χ3v) is 5.09. The van der Waals surface area contributed by atoms with Crippen molar-refractivity contribution in [1.82, 2.24) is 4.90 Å². The molecule has 0 aromatic heterocycles. The number of hydrogen-bond acceptors (Lipinski definition) is 3. The van der Waals surface area contributed by atoms with E-state index in [0.717, 1.165) is 42.0 Å². The molecule has 0 radical (unpaired) electrons. The Labute approximate surface area is 171 Å². The lowest BCUT2D eigenvalue weighted by Crippen LogP contribution is -2.43. The summed E-state index contributed by atoms with van der Waals surface area (Å²) in [6.45, 7) is 3.79. The fourth-order valence-electron chi connectivity index (χ4n) is 3.62. The third kappa shape index (κ3) is 5.37. The van der Waals surface area contributed by atoms with Crippen LogP contribution >= 0.6 is 0 Å². The topological polar surface area (TPSA) is 24.8 Å². The number of benzene rings is 3. The number of ether oxygens (including phenoxy) is 1. The Morgan fingerprint density at radius 2 is 1.52 bits per heavy atom. The highest BCUT2D eigenvalue weighted by molar-refractivity contribution is 6.12. The predicted octanol–water partition coefficient (Wildman–Crippen LogP) is 4.56. The lowest BCUT2D eigenvalue weighted by molar-refractivity contribution is -0.0257. The van der Waals surface area contributed by atoms with Crippen LogP contribution in [0.4, 0.5) is 4.39 Å². The summed E-state index contributed by atoms with van der Waals surface area (Å²) in [5.74, 6) is -0.197. The number of aliphatic imine (C=N–C) groups is 1. The standard InChI is InChI=1S/C25H25FN2O/c26-23-13-11-20(12-14-23)18-28-15-16-29-24(19-28)17-27-25(21-7-3-1-4-8-21)22-9-5-2-6-10-22/h1-14,24H,15-19H2/i27+1. The summed E-state index contributed by atoms with van der Waals surface area (Å²) in [5.41, 5.74) is 4.32. The maximum absolute atomic E-state index is 13.1. The zero-order chi connectivity index (χ0) is 19.9. The van der Waals surface area contributed by atoms with Gasteiger partial charge in [-0.15, -0.1) is 0 Å². The zero-order valence-electron chi connectivity index (χ0n) is 16.4. The number of nitrogens with zero attached hydrogens (tertiary/aromatic N) is 2. The van der Waals surface area contributed by atoms with Crippen molar-refractivity contribution in [1.29, 1.82) is 0 Å². The van der Waals surface area contributed by atoms with Crippen molar-refractivity contribution < 1.29 is 9.13 Å². The lowest BCUT2D eigenvalue weighted by atomic mass is 10.0. The van der Waals surface area contributed by atoms with Crippen LogP contribution in [-0.4, -0.2) is 43.0 Å². The van der Waals surface area contributed by atoms with Crippen molar-refractivity contribution in [2.45, 2.75) is 12.6 Å². The van der Waals surface area contributed by atoms with Crippen molar-refractivity contribution in [2.24, 2.45) is 4.99 Å². The molecule has 148 valence electrons. The van der Waals surface area contributed by atoms with Gasteiger partial charge in [0.15, 0.2) is 0 Å². The summed E-state index contributed by atoms with van der Waals surface area (Å²) in [4.78, 5) is 7.31. The summed E-state index contributed by atoms with van der Waals surface area (Å²) in [6.07, 6.45) is 0.0478. The van der Waals surface area contributed by atoms with Crippen molar-refractivity contribution in [3.8, 4) is 0 Å². The van der Waals surface area contributed by atoms with Gasteiger partial charge < -0.3 is 4.74 Å². The molecule has 0 bridgehead atoms. The highest BCUT2D eigenvalue weighted by Gasteiger charge is 2.20. The van der Waals surface area contributed by atoms with Crippen LogP contribution in [0.5, 0.6) is 0 Å². The van der Waals surface area contributed by atoms with Crippen LogP contribution < -0.4 is 0 Å². The SMILES string of the molecule is Fc1ccc(CN2CCOC(C[15N]=C(c3ccccc3)c3ccccc3)C2)cc1. The molecular formula is C25H25FN2O. The van der Waals surface area contributed by atoms with Crippen LogP contribution in [-0.2, 0) is 11.3 Å². The van der Waals surface area contributed by atoms with Gasteiger partial charge in [-0.25, -0.2) is 4.39 Å². The first-order valence-electron chi connectivity index (χ1n) is 10.0. The summed E-state index contributed by atoms with van der Waals surface area (Å²) < 4.78 is 19.1. The number of hydrogen-bond donors (Lipinski definition) is 0. The van der Waals surface area contributed by atoms with E-state index < -0.39 is 0 Å². The Morgan fingerprint density at radius 3 is 2.14 bits per heavy atom. The van der Waals surface area contributed by atoms with Crippen LogP contribution in [0, 0.1) is 5.82 Å². The van der Waals surface area contributed by atoms with Crippen LogP contribution in [0.25, 0.3) is 0 Å². The van der Waals surface area contributed by atoms with E-state index in [-0.39, 0.29) is 11.9 Å². The molecule has 3 aromatic carbocycles. The zero-order valence-corrected chi connectivity index (χ0v) is 16.4. The van der Waals surface area contributed by atoms with Crippen LogP contribution in [0.15, 0.2) is 89.9 Å². The molecule has 3 aromatic rings. The average Bonchev–Trinajstić information content (AvgIpc) is 2.77. The first-order valence-corrected chi connectivity index (χ1v) is 10.0. The average molecular weight is 389 g/mol. The van der Waals surface area contributed by atoms with Crippen LogP contribution in [0.2, 0.25) is 0 Å². The van der Waals surface area contributed by atoms with Crippen molar-refractivity contribution >= 4 is 5.71 Å². The second kappa shape index (κ2) is 9.59. The second-order valence-corrected chi connectivity index (χ2v) is 7.28. The molecule has 4 heteroatoms. The van der Waals surface area contributed by atoms with E-state index >= 15 is 0 Å². The van der Waals surface area contributed by atoms with Crippen LogP contribution in [0.1, 0.15) is 16.7 Å². The molecule has 1 atom stereocenters. The van der Waals surface area contributed by atoms with Gasteiger partial charge in [0.1, 0.15) is 5.82 Å². The van der Waals surface area contributed by atoms with E-state index in [1.165, 1.54) is 12.1 Å². The first kappa shape index (κ1) is 19.5. The van der Waals surface area contributed by atoms with Gasteiger partial charge >= 0.3 is 0 Å².